The van der Waals surface area contributed by atoms with Gasteiger partial charge in [0.1, 0.15) is 16.9 Å². The van der Waals surface area contributed by atoms with Gasteiger partial charge in [0.05, 0.1) is 6.61 Å². The van der Waals surface area contributed by atoms with E-state index in [9.17, 15) is 9.90 Å². The minimum atomic E-state index is -1.05. The lowest BCUT2D eigenvalue weighted by Gasteiger charge is -2.21. The molecule has 0 spiro atoms. The molecule has 2 aliphatic rings. The molecule has 0 bridgehead atoms. The van der Waals surface area contributed by atoms with Crippen molar-refractivity contribution in [2.24, 2.45) is 11.8 Å². The summed E-state index contributed by atoms with van der Waals surface area (Å²) in [6.07, 6.45) is 8.01. The molecular formula is C22H27NO4S. The molecule has 0 saturated heterocycles. The van der Waals surface area contributed by atoms with Gasteiger partial charge in [0, 0.05) is 5.38 Å². The van der Waals surface area contributed by atoms with E-state index in [2.05, 4.69) is 23.2 Å². The van der Waals surface area contributed by atoms with Crippen LogP contribution >= 0.6 is 11.3 Å². The molecule has 150 valence electrons. The number of carboxylic acids is 1. The van der Waals surface area contributed by atoms with Crippen LogP contribution in [0.4, 0.5) is 0 Å². The van der Waals surface area contributed by atoms with E-state index in [1.165, 1.54) is 59.9 Å². The van der Waals surface area contributed by atoms with E-state index >= 15 is 0 Å². The lowest BCUT2D eigenvalue weighted by Crippen LogP contribution is -2.17. The van der Waals surface area contributed by atoms with Gasteiger partial charge in [-0.05, 0) is 73.6 Å². The van der Waals surface area contributed by atoms with Gasteiger partial charge in [-0.1, -0.05) is 18.9 Å². The average molecular weight is 402 g/mol. The molecule has 0 radical (unpaired) electrons. The van der Waals surface area contributed by atoms with Gasteiger partial charge in [0.15, 0.2) is 5.69 Å². The number of hydrogen-bond acceptors (Lipinski definition) is 5. The minimum Gasteiger partial charge on any atom is -0.493 e. The van der Waals surface area contributed by atoms with Crippen LogP contribution in [0.3, 0.4) is 0 Å². The zero-order valence-corrected chi connectivity index (χ0v) is 16.8. The molecule has 5 nitrogen and oxygen atoms in total. The van der Waals surface area contributed by atoms with E-state index in [4.69, 9.17) is 9.84 Å². The first-order chi connectivity index (χ1) is 13.6. The van der Waals surface area contributed by atoms with Crippen LogP contribution in [0, 0.1) is 11.8 Å². The number of ether oxygens (including phenoxy) is 1. The highest BCUT2D eigenvalue weighted by Gasteiger charge is 2.29. The van der Waals surface area contributed by atoms with E-state index < -0.39 is 12.1 Å². The Bertz CT molecular complexity index is 834. The highest BCUT2D eigenvalue weighted by Crippen LogP contribution is 2.37. The molecule has 1 aromatic heterocycles. The Morgan fingerprint density at radius 3 is 2.86 bits per heavy atom. The molecule has 28 heavy (non-hydrogen) atoms. The summed E-state index contributed by atoms with van der Waals surface area (Å²) in [4.78, 5) is 15.0. The van der Waals surface area contributed by atoms with Gasteiger partial charge >= 0.3 is 5.97 Å². The number of aliphatic hydroxyl groups excluding tert-OH is 1. The van der Waals surface area contributed by atoms with Gasteiger partial charge in [0.25, 0.3) is 0 Å². The van der Waals surface area contributed by atoms with Crippen molar-refractivity contribution in [2.75, 3.05) is 6.61 Å². The molecule has 1 heterocycles. The van der Waals surface area contributed by atoms with E-state index in [-0.39, 0.29) is 5.69 Å². The van der Waals surface area contributed by atoms with Crippen LogP contribution in [0.2, 0.25) is 0 Å². The molecule has 2 aromatic rings. The van der Waals surface area contributed by atoms with Crippen molar-refractivity contribution in [2.45, 2.75) is 57.5 Å². The summed E-state index contributed by atoms with van der Waals surface area (Å²) >= 11 is 1.22. The standard InChI is InChI=1S/C22H27NO4S/c24-20(21-23-19(13-28-21)22(25)26)10-8-15-4-2-6-17(15)12-27-18-9-7-14-3-1-5-16(14)11-18/h7,9,11,13,15,17,20,24H,1-6,8,10,12H2,(H,25,26)/t15-,17?,20?/m1/s1. The fraction of sp³-hybridized carbons (Fsp3) is 0.545. The lowest BCUT2D eigenvalue weighted by molar-refractivity contribution is 0.0690. The van der Waals surface area contributed by atoms with Gasteiger partial charge in [-0.25, -0.2) is 9.78 Å². The number of aliphatic hydroxyl groups is 1. The first-order valence-corrected chi connectivity index (χ1v) is 11.1. The maximum Gasteiger partial charge on any atom is 0.355 e. The Morgan fingerprint density at radius 1 is 1.21 bits per heavy atom. The number of carbonyl (C=O) groups is 1. The molecule has 0 amide bonds. The Morgan fingerprint density at radius 2 is 2.04 bits per heavy atom. The maximum atomic E-state index is 10.9. The molecule has 1 fully saturated rings. The molecule has 3 atom stereocenters. The Hall–Kier alpha value is -1.92. The summed E-state index contributed by atoms with van der Waals surface area (Å²) < 4.78 is 6.13. The predicted molar refractivity (Wildman–Crippen MR) is 108 cm³/mol. The van der Waals surface area contributed by atoms with E-state index in [0.717, 1.165) is 25.2 Å². The monoisotopic (exact) mass is 401 g/mol. The van der Waals surface area contributed by atoms with Crippen LogP contribution in [0.25, 0.3) is 0 Å². The zero-order valence-electron chi connectivity index (χ0n) is 16.0. The maximum absolute atomic E-state index is 10.9. The number of rotatable bonds is 8. The Kier molecular flexibility index (Phi) is 5.97. The third kappa shape index (κ3) is 4.39. The predicted octanol–water partition coefficient (Wildman–Crippen LogP) is 4.64. The van der Waals surface area contributed by atoms with Crippen LogP contribution in [0.1, 0.15) is 71.3 Å². The molecule has 0 aliphatic heterocycles. The first-order valence-electron chi connectivity index (χ1n) is 10.2. The third-order valence-electron chi connectivity index (χ3n) is 6.19. The molecule has 2 N–H and O–H groups in total. The van der Waals surface area contributed by atoms with Crippen LogP contribution in [-0.2, 0) is 12.8 Å². The summed E-state index contributed by atoms with van der Waals surface area (Å²) in [5, 5.41) is 21.3. The normalized spacial score (nSPS) is 22.2. The average Bonchev–Trinajstić information content (AvgIpc) is 3.44. The number of aromatic nitrogens is 1. The van der Waals surface area contributed by atoms with Gasteiger partial charge in [-0.15, -0.1) is 11.3 Å². The van der Waals surface area contributed by atoms with Gasteiger partial charge in [0.2, 0.25) is 0 Å². The second-order valence-electron chi connectivity index (χ2n) is 8.02. The van der Waals surface area contributed by atoms with Gasteiger partial charge in [-0.2, -0.15) is 0 Å². The van der Waals surface area contributed by atoms with Crippen molar-refractivity contribution in [3.8, 4) is 5.75 Å². The molecular weight excluding hydrogens is 374 g/mol. The summed E-state index contributed by atoms with van der Waals surface area (Å²) in [6, 6.07) is 6.51. The highest BCUT2D eigenvalue weighted by molar-refractivity contribution is 7.09. The van der Waals surface area contributed by atoms with Crippen molar-refractivity contribution >= 4 is 17.3 Å². The number of hydrogen-bond donors (Lipinski definition) is 2. The third-order valence-corrected chi connectivity index (χ3v) is 7.13. The molecule has 1 aromatic carbocycles. The molecule has 4 rings (SSSR count). The minimum absolute atomic E-state index is 0.0144. The summed E-state index contributed by atoms with van der Waals surface area (Å²) in [6.45, 7) is 0.736. The Balaban J connectivity index is 1.28. The first kappa shape index (κ1) is 19.4. The van der Waals surface area contributed by atoms with E-state index in [0.29, 0.717) is 23.3 Å². The number of thiazole rings is 1. The molecule has 2 aliphatic carbocycles. The fourth-order valence-corrected chi connectivity index (χ4v) is 5.40. The summed E-state index contributed by atoms with van der Waals surface area (Å²) in [7, 11) is 0. The number of aromatic carboxylic acids is 1. The quantitative estimate of drug-likeness (QED) is 0.674. The molecule has 1 saturated carbocycles. The van der Waals surface area contributed by atoms with E-state index in [1.807, 2.05) is 0 Å². The number of carboxylic acid groups (broad SMARTS) is 1. The second-order valence-corrected chi connectivity index (χ2v) is 8.91. The Labute approximate surface area is 169 Å². The van der Waals surface area contributed by atoms with Crippen molar-refractivity contribution < 1.29 is 19.7 Å². The van der Waals surface area contributed by atoms with Crippen LogP contribution in [0.5, 0.6) is 5.75 Å². The number of benzene rings is 1. The summed E-state index contributed by atoms with van der Waals surface area (Å²) in [5.74, 6) is 0.999. The smallest absolute Gasteiger partial charge is 0.355 e. The summed E-state index contributed by atoms with van der Waals surface area (Å²) in [5.41, 5.74) is 2.92. The molecule has 6 heteroatoms. The van der Waals surface area contributed by atoms with Crippen molar-refractivity contribution in [3.63, 3.8) is 0 Å². The van der Waals surface area contributed by atoms with Gasteiger partial charge < -0.3 is 14.9 Å². The SMILES string of the molecule is O=C(O)c1csc(C(O)CC[C@H]2CCCC2COc2ccc3c(c2)CCC3)n1. The number of fused-ring (bicyclic) bond motifs is 1. The highest BCUT2D eigenvalue weighted by atomic mass is 32.1. The van der Waals surface area contributed by atoms with E-state index in [1.54, 1.807) is 0 Å². The van der Waals surface area contributed by atoms with Crippen molar-refractivity contribution in [1.82, 2.24) is 4.98 Å². The topological polar surface area (TPSA) is 79.7 Å². The largest absolute Gasteiger partial charge is 0.493 e. The van der Waals surface area contributed by atoms with Crippen LogP contribution < -0.4 is 4.74 Å². The second kappa shape index (κ2) is 8.62. The van der Waals surface area contributed by atoms with Crippen molar-refractivity contribution in [3.05, 3.63) is 45.4 Å². The molecule has 2 unspecified atom stereocenters. The number of nitrogens with zero attached hydrogens (tertiary/aromatic N) is 1. The number of aryl methyl sites for hydroxylation is 2. The lowest BCUT2D eigenvalue weighted by atomic mass is 9.91. The fourth-order valence-electron chi connectivity index (χ4n) is 4.59. The zero-order chi connectivity index (χ0) is 19.5. The van der Waals surface area contributed by atoms with Crippen molar-refractivity contribution in [1.29, 1.82) is 0 Å². The van der Waals surface area contributed by atoms with Gasteiger partial charge in [-0.3, -0.25) is 0 Å². The van der Waals surface area contributed by atoms with Crippen LogP contribution in [-0.4, -0.2) is 27.8 Å². The van der Waals surface area contributed by atoms with Crippen LogP contribution in [0.15, 0.2) is 23.6 Å².